The van der Waals surface area contributed by atoms with Gasteiger partial charge in [0.2, 0.25) is 22.9 Å². The third kappa shape index (κ3) is 4.65. The van der Waals surface area contributed by atoms with Crippen molar-refractivity contribution in [2.75, 3.05) is 38.0 Å². The lowest BCUT2D eigenvalue weighted by molar-refractivity contribution is -0.401. The van der Waals surface area contributed by atoms with Crippen LogP contribution in [0, 0.1) is 0 Å². The molecule has 0 spiro atoms. The zero-order chi connectivity index (χ0) is 38.2. The molecule has 2 N–H and O–H groups in total. The summed E-state index contributed by atoms with van der Waals surface area (Å²) in [5.41, 5.74) is 9.13. The van der Waals surface area contributed by atoms with Gasteiger partial charge in [-0.05, 0) is 52.0 Å². The van der Waals surface area contributed by atoms with E-state index in [-0.39, 0.29) is 33.9 Å². The second-order valence-electron chi connectivity index (χ2n) is 15.5. The van der Waals surface area contributed by atoms with Crippen molar-refractivity contribution in [3.63, 3.8) is 0 Å². The Kier molecular flexibility index (Phi) is 7.39. The van der Waals surface area contributed by atoms with E-state index in [1.54, 1.807) is 35.7 Å². The fourth-order valence-electron chi connectivity index (χ4n) is 8.54. The first kappa shape index (κ1) is 34.4. The summed E-state index contributed by atoms with van der Waals surface area (Å²) in [5.74, 6) is -0.314. The van der Waals surface area contributed by atoms with Gasteiger partial charge in [-0.3, -0.25) is 9.59 Å². The number of rotatable bonds is 4. The number of nitrogens with zero attached hydrogens (tertiary/aromatic N) is 4. The Balaban J connectivity index is 0.949. The maximum Gasteiger partial charge on any atom is 0.209 e. The number of ketones is 2. The van der Waals surface area contributed by atoms with Gasteiger partial charge in [-0.15, -0.1) is 0 Å². The predicted molar refractivity (Wildman–Crippen MR) is 217 cm³/mol. The molecule has 6 aliphatic rings. The van der Waals surface area contributed by atoms with Crippen LogP contribution < -0.4 is 9.80 Å². The van der Waals surface area contributed by atoms with Gasteiger partial charge in [0.25, 0.3) is 0 Å². The Labute approximate surface area is 323 Å². The number of allylic oxidation sites excluding steroid dienone is 8. The summed E-state index contributed by atoms with van der Waals surface area (Å²) in [6.45, 7) is 8.55. The van der Waals surface area contributed by atoms with Gasteiger partial charge in [-0.1, -0.05) is 59.9 Å². The smallest absolute Gasteiger partial charge is 0.209 e. The van der Waals surface area contributed by atoms with E-state index in [0.29, 0.717) is 22.3 Å². The van der Waals surface area contributed by atoms with Crippen molar-refractivity contribution < 1.29 is 29.0 Å². The first-order valence-electron chi connectivity index (χ1n) is 17.9. The van der Waals surface area contributed by atoms with Crippen LogP contribution in [0.5, 0.6) is 0 Å². The van der Waals surface area contributed by atoms with E-state index in [1.165, 1.54) is 11.1 Å². The fraction of sp³-hybridized carbons (Fsp3) is 0.227. The minimum atomic E-state index is -0.307. The monoisotopic (exact) mass is 752 g/mol. The summed E-state index contributed by atoms with van der Waals surface area (Å²) in [7, 11) is 7.91. The first-order chi connectivity index (χ1) is 25.6. The zero-order valence-electron chi connectivity index (χ0n) is 31.4. The Bertz CT molecular complexity index is 2440. The molecule has 2 aliphatic carbocycles. The van der Waals surface area contributed by atoms with Crippen molar-refractivity contribution in [2.24, 2.45) is 0 Å². The number of fused-ring (bicyclic) bond motifs is 4. The van der Waals surface area contributed by atoms with Crippen LogP contribution in [-0.2, 0) is 20.4 Å². The molecule has 0 aromatic heterocycles. The number of aliphatic hydroxyl groups excluding tert-OH is 2. The number of para-hydroxylation sites is 2. The van der Waals surface area contributed by atoms with E-state index in [9.17, 15) is 19.8 Å². The van der Waals surface area contributed by atoms with Gasteiger partial charge in [0.05, 0.1) is 54.6 Å². The second-order valence-corrected chi connectivity index (χ2v) is 17.7. The van der Waals surface area contributed by atoms with E-state index in [1.807, 2.05) is 74.4 Å². The zero-order valence-corrected chi connectivity index (χ0v) is 33.0. The summed E-state index contributed by atoms with van der Waals surface area (Å²) >= 11 is 3.10. The standard InChI is InChI=1S/C44H38N4O4S2/c1-43(2)27-13-9-11-15-29(27)45(5)35(43)17-23-39(49)25(40(23)50)19-37-47(7)31-21-32-34(22-33(31)53-37)54-38(48(32)8)20-26-41(51)24(42(26)52)18-36-44(3,4)28-14-10-12-16-30(28)46(36)6/h9-22H,1-8H3/p+2. The minimum absolute atomic E-state index is 0.0152. The molecule has 3 aromatic carbocycles. The highest BCUT2D eigenvalue weighted by atomic mass is 32.2. The molecule has 0 amide bonds. The molecular weight excluding hydrogens is 713 g/mol. The summed E-state index contributed by atoms with van der Waals surface area (Å²) in [4.78, 5) is 33.1. The number of carbonyl (C=O) groups is 2. The molecule has 0 atom stereocenters. The van der Waals surface area contributed by atoms with Crippen LogP contribution in [0.1, 0.15) is 38.8 Å². The number of hydrogen-bond donors (Lipinski definition) is 2. The molecular formula is C44H40N4O4S2+2. The molecule has 0 saturated carbocycles. The maximum atomic E-state index is 13.5. The lowest BCUT2D eigenvalue weighted by atomic mass is 9.78. The van der Waals surface area contributed by atoms with E-state index < -0.39 is 0 Å². The Morgan fingerprint density at radius 1 is 0.611 bits per heavy atom. The van der Waals surface area contributed by atoms with E-state index >= 15 is 0 Å². The number of thioether (sulfide) groups is 2. The van der Waals surface area contributed by atoms with Crippen molar-refractivity contribution in [1.82, 2.24) is 0 Å². The summed E-state index contributed by atoms with van der Waals surface area (Å²) in [5, 5.41) is 24.0. The van der Waals surface area contributed by atoms with Crippen LogP contribution in [0.4, 0.5) is 22.7 Å². The van der Waals surface area contributed by atoms with Gasteiger partial charge in [-0.2, -0.15) is 9.15 Å². The molecule has 8 nitrogen and oxygen atoms in total. The Hall–Kier alpha value is -5.32. The maximum absolute atomic E-state index is 13.5. The van der Waals surface area contributed by atoms with Crippen molar-refractivity contribution in [2.45, 2.75) is 48.3 Å². The van der Waals surface area contributed by atoms with Gasteiger partial charge in [0, 0.05) is 59.3 Å². The molecule has 0 saturated heterocycles. The van der Waals surface area contributed by atoms with Gasteiger partial charge in [0.15, 0.2) is 11.4 Å². The first-order valence-corrected chi connectivity index (χ1v) is 19.5. The number of Topliss-reactive ketones (excluding diaryl/α,β-unsaturated/α-hetero) is 2. The van der Waals surface area contributed by atoms with Crippen LogP contribution >= 0.6 is 23.5 Å². The highest BCUT2D eigenvalue weighted by molar-refractivity contribution is 8.04. The third-order valence-corrected chi connectivity index (χ3v) is 14.1. The fourth-order valence-corrected chi connectivity index (χ4v) is 10.8. The number of aliphatic hydroxyl groups is 2. The van der Waals surface area contributed by atoms with Crippen molar-refractivity contribution >= 4 is 69.3 Å². The molecule has 270 valence electrons. The van der Waals surface area contributed by atoms with Gasteiger partial charge in [0.1, 0.15) is 25.6 Å². The average Bonchev–Trinajstić information content (AvgIpc) is 3.76. The number of hydrogen-bond acceptors (Lipinski definition) is 8. The SMILES string of the molecule is CN1C(=CC2=C(O)C(=CC3=[N+](C)c4ccccc4C3(C)C)C2=O)Sc2cc3c(cc21)N(C)C(=CC1=C(O)C(=CC2=[N+](C)c4ccccc4C2(C)C)C1=O)S3. The van der Waals surface area contributed by atoms with Crippen LogP contribution in [-0.4, -0.2) is 70.5 Å². The van der Waals surface area contributed by atoms with E-state index in [2.05, 4.69) is 73.2 Å². The Morgan fingerprint density at radius 2 is 1.00 bits per heavy atom. The molecule has 0 fully saturated rings. The normalized spacial score (nSPS) is 23.7. The second kappa shape index (κ2) is 11.6. The summed E-state index contributed by atoms with van der Waals surface area (Å²) < 4.78 is 4.19. The average molecular weight is 753 g/mol. The van der Waals surface area contributed by atoms with Crippen molar-refractivity contribution in [3.8, 4) is 0 Å². The summed E-state index contributed by atoms with van der Waals surface area (Å²) in [6, 6.07) is 20.7. The molecule has 0 bridgehead atoms. The topological polar surface area (TPSA) is 87.1 Å². The molecule has 10 heteroatoms. The number of carbonyl (C=O) groups excluding carboxylic acids is 2. The molecule has 0 unspecified atom stereocenters. The molecule has 4 aliphatic heterocycles. The quantitative estimate of drug-likeness (QED) is 0.203. The number of benzene rings is 3. The minimum Gasteiger partial charge on any atom is -0.506 e. The van der Waals surface area contributed by atoms with E-state index in [4.69, 9.17) is 0 Å². The van der Waals surface area contributed by atoms with Gasteiger partial charge in [-0.25, -0.2) is 0 Å². The molecule has 54 heavy (non-hydrogen) atoms. The highest BCUT2D eigenvalue weighted by Crippen LogP contribution is 2.55. The van der Waals surface area contributed by atoms with Gasteiger partial charge >= 0.3 is 0 Å². The number of anilines is 2. The largest absolute Gasteiger partial charge is 0.506 e. The highest BCUT2D eigenvalue weighted by Gasteiger charge is 2.47. The van der Waals surface area contributed by atoms with Crippen molar-refractivity contribution in [1.29, 1.82) is 0 Å². The molecule has 9 rings (SSSR count). The van der Waals surface area contributed by atoms with Crippen LogP contribution in [0.3, 0.4) is 0 Å². The van der Waals surface area contributed by atoms with Gasteiger partial charge < -0.3 is 20.0 Å². The summed E-state index contributed by atoms with van der Waals surface area (Å²) in [6.07, 6.45) is 7.22. The Morgan fingerprint density at radius 3 is 1.37 bits per heavy atom. The van der Waals surface area contributed by atoms with Crippen LogP contribution in [0.15, 0.2) is 139 Å². The lowest BCUT2D eigenvalue weighted by Crippen LogP contribution is -2.30. The molecule has 4 heterocycles. The lowest BCUT2D eigenvalue weighted by Gasteiger charge is -2.23. The third-order valence-electron chi connectivity index (χ3n) is 11.8. The van der Waals surface area contributed by atoms with Crippen molar-refractivity contribution in [3.05, 3.63) is 140 Å². The molecule has 3 aromatic rings. The molecule has 0 radical (unpaired) electrons. The predicted octanol–water partition coefficient (Wildman–Crippen LogP) is 8.51. The van der Waals surface area contributed by atoms with Crippen LogP contribution in [0.2, 0.25) is 0 Å². The van der Waals surface area contributed by atoms with Crippen LogP contribution in [0.25, 0.3) is 0 Å². The van der Waals surface area contributed by atoms with E-state index in [0.717, 1.165) is 54.0 Å².